The summed E-state index contributed by atoms with van der Waals surface area (Å²) in [7, 11) is 0. The maximum atomic E-state index is 13.3. The topological polar surface area (TPSA) is 76.0 Å². The number of anilines is 2. The van der Waals surface area contributed by atoms with E-state index >= 15 is 0 Å². The first-order valence-electron chi connectivity index (χ1n) is 10.4. The van der Waals surface area contributed by atoms with Crippen LogP contribution in [-0.4, -0.2) is 21.6 Å². The second-order valence-electron chi connectivity index (χ2n) is 8.35. The average molecular weight is 400 g/mol. The van der Waals surface area contributed by atoms with Gasteiger partial charge in [-0.05, 0) is 41.2 Å². The van der Waals surface area contributed by atoms with Crippen molar-refractivity contribution in [1.82, 2.24) is 9.78 Å². The molecule has 5 rings (SSSR count). The SMILES string of the molecule is CCc1ccccc1-n1ncc2c1NC(=O)CC21C(=O)Nc2ccc(C(C)C)cc21. The quantitative estimate of drug-likeness (QED) is 0.694. The molecule has 0 radical (unpaired) electrons. The van der Waals surface area contributed by atoms with Crippen LogP contribution in [0.15, 0.2) is 48.7 Å². The monoisotopic (exact) mass is 400 g/mol. The molecule has 0 fully saturated rings. The second-order valence-corrected chi connectivity index (χ2v) is 8.35. The van der Waals surface area contributed by atoms with Crippen LogP contribution in [0, 0.1) is 0 Å². The predicted molar refractivity (Wildman–Crippen MR) is 116 cm³/mol. The van der Waals surface area contributed by atoms with Crippen LogP contribution in [0.5, 0.6) is 0 Å². The molecule has 1 aromatic heterocycles. The van der Waals surface area contributed by atoms with Crippen molar-refractivity contribution in [2.24, 2.45) is 0 Å². The Balaban J connectivity index is 1.76. The summed E-state index contributed by atoms with van der Waals surface area (Å²) in [5.41, 5.74) is 4.48. The standard InChI is InChI=1S/C24H24N4O2/c1-4-15-7-5-6-8-20(15)28-22-18(13-25-28)24(12-21(29)27-22)17-11-16(14(2)3)9-10-19(17)26-23(24)30/h5-11,13-14H,4,12H2,1-3H3,(H,26,30)(H,27,29). The molecule has 2 N–H and O–H groups in total. The van der Waals surface area contributed by atoms with Gasteiger partial charge in [0.1, 0.15) is 11.2 Å². The van der Waals surface area contributed by atoms with E-state index in [1.54, 1.807) is 10.9 Å². The van der Waals surface area contributed by atoms with Gasteiger partial charge in [-0.25, -0.2) is 4.68 Å². The molecule has 1 spiro atoms. The Morgan fingerprint density at radius 1 is 1.10 bits per heavy atom. The smallest absolute Gasteiger partial charge is 0.240 e. The van der Waals surface area contributed by atoms with Gasteiger partial charge in [-0.2, -0.15) is 5.10 Å². The molecule has 6 heteroatoms. The van der Waals surface area contributed by atoms with E-state index in [1.807, 2.05) is 30.3 Å². The number of benzene rings is 2. The number of hydrogen-bond donors (Lipinski definition) is 2. The number of amides is 2. The zero-order valence-corrected chi connectivity index (χ0v) is 17.3. The van der Waals surface area contributed by atoms with Gasteiger partial charge in [-0.1, -0.05) is 51.1 Å². The Bertz CT molecular complexity index is 1190. The molecule has 1 atom stereocenters. The van der Waals surface area contributed by atoms with Gasteiger partial charge in [0.05, 0.1) is 11.9 Å². The van der Waals surface area contributed by atoms with Gasteiger partial charge in [-0.3, -0.25) is 9.59 Å². The third-order valence-corrected chi connectivity index (χ3v) is 6.32. The Kier molecular flexibility index (Phi) is 4.07. The molecule has 0 saturated heterocycles. The summed E-state index contributed by atoms with van der Waals surface area (Å²) in [6.07, 6.45) is 2.64. The number of para-hydroxylation sites is 1. The fourth-order valence-corrected chi connectivity index (χ4v) is 4.67. The molecule has 3 aromatic rings. The second kappa shape index (κ2) is 6.55. The fourth-order valence-electron chi connectivity index (χ4n) is 4.67. The lowest BCUT2D eigenvalue weighted by molar-refractivity contribution is -0.125. The molecule has 0 aliphatic carbocycles. The number of nitrogens with one attached hydrogen (secondary N) is 2. The molecule has 6 nitrogen and oxygen atoms in total. The van der Waals surface area contributed by atoms with Gasteiger partial charge < -0.3 is 10.6 Å². The van der Waals surface area contributed by atoms with Crippen LogP contribution in [0.2, 0.25) is 0 Å². The molecule has 2 aromatic carbocycles. The summed E-state index contributed by atoms with van der Waals surface area (Å²) in [5, 5.41) is 10.6. The third-order valence-electron chi connectivity index (χ3n) is 6.32. The predicted octanol–water partition coefficient (Wildman–Crippen LogP) is 4.14. The molecule has 152 valence electrons. The van der Waals surface area contributed by atoms with Crippen LogP contribution in [0.1, 0.15) is 55.4 Å². The van der Waals surface area contributed by atoms with Crippen LogP contribution < -0.4 is 10.6 Å². The van der Waals surface area contributed by atoms with Crippen LogP contribution in [0.3, 0.4) is 0 Å². The number of aryl methyl sites for hydroxylation is 1. The first-order chi connectivity index (χ1) is 14.5. The highest BCUT2D eigenvalue weighted by Gasteiger charge is 2.54. The van der Waals surface area contributed by atoms with Crippen molar-refractivity contribution in [2.75, 3.05) is 10.6 Å². The average Bonchev–Trinajstić information content (AvgIpc) is 3.27. The zero-order valence-electron chi connectivity index (χ0n) is 17.3. The van der Waals surface area contributed by atoms with Crippen molar-refractivity contribution in [3.8, 4) is 5.69 Å². The van der Waals surface area contributed by atoms with Crippen molar-refractivity contribution < 1.29 is 9.59 Å². The molecular weight excluding hydrogens is 376 g/mol. The summed E-state index contributed by atoms with van der Waals surface area (Å²) in [6, 6.07) is 14.0. The summed E-state index contributed by atoms with van der Waals surface area (Å²) < 4.78 is 1.75. The van der Waals surface area contributed by atoms with Crippen molar-refractivity contribution in [1.29, 1.82) is 0 Å². The minimum Gasteiger partial charge on any atom is -0.325 e. The number of carbonyl (C=O) groups excluding carboxylic acids is 2. The van der Waals surface area contributed by atoms with E-state index in [2.05, 4.69) is 48.6 Å². The molecule has 2 aliphatic heterocycles. The number of aromatic nitrogens is 2. The van der Waals surface area contributed by atoms with Gasteiger partial charge in [0.25, 0.3) is 0 Å². The molecular formula is C24H24N4O2. The van der Waals surface area contributed by atoms with Gasteiger partial charge in [0.2, 0.25) is 11.8 Å². The van der Waals surface area contributed by atoms with Crippen LogP contribution >= 0.6 is 0 Å². The molecule has 0 bridgehead atoms. The van der Waals surface area contributed by atoms with Crippen molar-refractivity contribution >= 4 is 23.3 Å². The third kappa shape index (κ3) is 2.46. The molecule has 1 unspecified atom stereocenters. The van der Waals surface area contributed by atoms with Gasteiger partial charge >= 0.3 is 0 Å². The number of nitrogens with zero attached hydrogens (tertiary/aromatic N) is 2. The first-order valence-corrected chi connectivity index (χ1v) is 10.4. The summed E-state index contributed by atoms with van der Waals surface area (Å²) in [5.74, 6) is 0.540. The molecule has 3 heterocycles. The lowest BCUT2D eigenvalue weighted by Crippen LogP contribution is -2.43. The maximum Gasteiger partial charge on any atom is 0.240 e. The fraction of sp³-hybridized carbons (Fsp3) is 0.292. The van der Waals surface area contributed by atoms with Gasteiger partial charge in [0, 0.05) is 17.7 Å². The van der Waals surface area contributed by atoms with E-state index in [0.29, 0.717) is 11.7 Å². The normalized spacial score (nSPS) is 19.6. The van der Waals surface area contributed by atoms with E-state index in [0.717, 1.165) is 40.0 Å². The minimum atomic E-state index is -1.06. The minimum absolute atomic E-state index is 0.0709. The number of carbonyl (C=O) groups is 2. The molecule has 0 saturated carbocycles. The highest BCUT2D eigenvalue weighted by molar-refractivity contribution is 6.14. The van der Waals surface area contributed by atoms with Gasteiger partial charge in [0.15, 0.2) is 0 Å². The largest absolute Gasteiger partial charge is 0.325 e. The molecule has 2 amide bonds. The van der Waals surface area contributed by atoms with E-state index in [9.17, 15) is 9.59 Å². The highest BCUT2D eigenvalue weighted by Crippen LogP contribution is 2.50. The molecule has 2 aliphatic rings. The van der Waals surface area contributed by atoms with E-state index in [-0.39, 0.29) is 18.2 Å². The Morgan fingerprint density at radius 2 is 1.90 bits per heavy atom. The van der Waals surface area contributed by atoms with E-state index < -0.39 is 5.41 Å². The summed E-state index contributed by atoms with van der Waals surface area (Å²) in [4.78, 5) is 26.2. The first kappa shape index (κ1) is 18.6. The van der Waals surface area contributed by atoms with Crippen LogP contribution in [0.25, 0.3) is 5.69 Å². The summed E-state index contributed by atoms with van der Waals surface area (Å²) in [6.45, 7) is 6.33. The zero-order chi connectivity index (χ0) is 21.0. The number of hydrogen-bond acceptors (Lipinski definition) is 3. The lowest BCUT2D eigenvalue weighted by atomic mass is 9.71. The van der Waals surface area contributed by atoms with E-state index in [4.69, 9.17) is 0 Å². The van der Waals surface area contributed by atoms with Crippen LogP contribution in [-0.2, 0) is 21.4 Å². The van der Waals surface area contributed by atoms with Crippen molar-refractivity contribution in [3.05, 3.63) is 70.9 Å². The maximum absolute atomic E-state index is 13.3. The Hall–Kier alpha value is -3.41. The molecule has 30 heavy (non-hydrogen) atoms. The lowest BCUT2D eigenvalue weighted by Gasteiger charge is -2.32. The van der Waals surface area contributed by atoms with Crippen molar-refractivity contribution in [3.63, 3.8) is 0 Å². The van der Waals surface area contributed by atoms with E-state index in [1.165, 1.54) is 0 Å². The Labute approximate surface area is 175 Å². The number of fused-ring (bicyclic) bond motifs is 4. The van der Waals surface area contributed by atoms with Gasteiger partial charge in [-0.15, -0.1) is 0 Å². The number of rotatable bonds is 3. The Morgan fingerprint density at radius 3 is 2.67 bits per heavy atom. The van der Waals surface area contributed by atoms with Crippen molar-refractivity contribution in [2.45, 2.75) is 44.9 Å². The highest BCUT2D eigenvalue weighted by atomic mass is 16.2. The summed E-state index contributed by atoms with van der Waals surface area (Å²) >= 11 is 0. The van der Waals surface area contributed by atoms with Crippen LogP contribution in [0.4, 0.5) is 11.5 Å².